The standard InChI is InChI=1S/C38H68O14/c1-36(2,3)50-26-20-44-14-11-41-17-23-47-32-29-31(35(39)40-10)30-33(48-24-18-42-12-15-45-21-27-51-37(4,5)6)34(32)49-25-19-43-13-16-46-22-28-52-38(7,8)9/h29-30H,11-28H2,1-10H3. The third-order valence-electron chi connectivity index (χ3n) is 6.29. The van der Waals surface area contributed by atoms with E-state index in [2.05, 4.69) is 0 Å². The number of ether oxygens (including phenoxy) is 13. The summed E-state index contributed by atoms with van der Waals surface area (Å²) in [5, 5.41) is 0. The van der Waals surface area contributed by atoms with Gasteiger partial charge in [0.15, 0.2) is 11.5 Å². The lowest BCUT2D eigenvalue weighted by Crippen LogP contribution is -2.22. The predicted octanol–water partition coefficient (Wildman–Crippen LogP) is 5.15. The average molecular weight is 749 g/mol. The second kappa shape index (κ2) is 27.3. The molecule has 0 heterocycles. The Labute approximate surface area is 312 Å². The molecule has 0 bridgehead atoms. The summed E-state index contributed by atoms with van der Waals surface area (Å²) < 4.78 is 73.8. The molecule has 304 valence electrons. The first kappa shape index (κ1) is 47.8. The van der Waals surface area contributed by atoms with Gasteiger partial charge in [0.1, 0.15) is 19.8 Å². The molecule has 1 rings (SSSR count). The van der Waals surface area contributed by atoms with Gasteiger partial charge in [-0.3, -0.25) is 0 Å². The van der Waals surface area contributed by atoms with Crippen LogP contribution in [0, 0.1) is 0 Å². The Morgan fingerprint density at radius 2 is 0.692 bits per heavy atom. The number of methoxy groups -OCH3 is 1. The van der Waals surface area contributed by atoms with Crippen molar-refractivity contribution in [2.75, 3.05) is 126 Å². The molecule has 1 aromatic rings. The molecule has 0 fully saturated rings. The van der Waals surface area contributed by atoms with Gasteiger partial charge in [-0.1, -0.05) is 0 Å². The number of carbonyl (C=O) groups excluding carboxylic acids is 1. The minimum absolute atomic E-state index is 0.185. The van der Waals surface area contributed by atoms with Crippen LogP contribution in [-0.4, -0.2) is 149 Å². The van der Waals surface area contributed by atoms with Crippen molar-refractivity contribution >= 4 is 5.97 Å². The van der Waals surface area contributed by atoms with Crippen LogP contribution in [0.2, 0.25) is 0 Å². The summed E-state index contributed by atoms with van der Waals surface area (Å²) in [7, 11) is 1.31. The zero-order valence-corrected chi connectivity index (χ0v) is 33.6. The number of rotatable bonds is 31. The van der Waals surface area contributed by atoms with Gasteiger partial charge in [0.2, 0.25) is 5.75 Å². The molecule has 0 saturated carbocycles. The van der Waals surface area contributed by atoms with Crippen molar-refractivity contribution in [3.63, 3.8) is 0 Å². The number of hydrogen-bond acceptors (Lipinski definition) is 14. The van der Waals surface area contributed by atoms with Crippen LogP contribution in [0.3, 0.4) is 0 Å². The first-order valence-corrected chi connectivity index (χ1v) is 18.1. The Morgan fingerprint density at radius 3 is 0.981 bits per heavy atom. The van der Waals surface area contributed by atoms with Crippen LogP contribution < -0.4 is 14.2 Å². The van der Waals surface area contributed by atoms with Gasteiger partial charge in [0.25, 0.3) is 0 Å². The summed E-state index contributed by atoms with van der Waals surface area (Å²) in [6.07, 6.45) is 0. The van der Waals surface area contributed by atoms with E-state index >= 15 is 0 Å². The number of benzene rings is 1. The molecule has 0 aliphatic carbocycles. The van der Waals surface area contributed by atoms with Crippen LogP contribution in [-0.2, 0) is 47.4 Å². The minimum Gasteiger partial charge on any atom is -0.487 e. The highest BCUT2D eigenvalue weighted by atomic mass is 16.6. The van der Waals surface area contributed by atoms with E-state index in [1.807, 2.05) is 62.3 Å². The van der Waals surface area contributed by atoms with E-state index in [9.17, 15) is 4.79 Å². The maximum Gasteiger partial charge on any atom is 0.338 e. The van der Waals surface area contributed by atoms with E-state index in [1.165, 1.54) is 7.11 Å². The van der Waals surface area contributed by atoms with Crippen LogP contribution in [0.4, 0.5) is 0 Å². The Hall–Kier alpha value is -2.27. The average Bonchev–Trinajstić information content (AvgIpc) is 3.05. The smallest absolute Gasteiger partial charge is 0.338 e. The molecule has 14 heteroatoms. The molecule has 1 aromatic carbocycles. The number of hydrogen-bond donors (Lipinski definition) is 0. The molecule has 0 N–H and O–H groups in total. The predicted molar refractivity (Wildman–Crippen MR) is 196 cm³/mol. The lowest BCUT2D eigenvalue weighted by Gasteiger charge is -2.19. The quantitative estimate of drug-likeness (QED) is 0.0731. The van der Waals surface area contributed by atoms with Crippen LogP contribution >= 0.6 is 0 Å². The van der Waals surface area contributed by atoms with Gasteiger partial charge in [0.05, 0.1) is 129 Å². The molecule has 0 aromatic heterocycles. The van der Waals surface area contributed by atoms with E-state index in [0.717, 1.165) is 0 Å². The van der Waals surface area contributed by atoms with Crippen molar-refractivity contribution in [2.45, 2.75) is 79.1 Å². The van der Waals surface area contributed by atoms with Gasteiger partial charge in [-0.15, -0.1) is 0 Å². The number of esters is 1. The van der Waals surface area contributed by atoms with Crippen molar-refractivity contribution in [3.8, 4) is 17.2 Å². The molecule has 52 heavy (non-hydrogen) atoms. The topological polar surface area (TPSA) is 137 Å². The number of carbonyl (C=O) groups is 1. The Bertz CT molecular complexity index is 991. The van der Waals surface area contributed by atoms with E-state index in [-0.39, 0.29) is 62.0 Å². The zero-order valence-electron chi connectivity index (χ0n) is 33.6. The summed E-state index contributed by atoms with van der Waals surface area (Å²) in [6.45, 7) is 24.8. The van der Waals surface area contributed by atoms with Crippen LogP contribution in [0.5, 0.6) is 17.2 Å². The van der Waals surface area contributed by atoms with E-state index in [1.54, 1.807) is 12.1 Å². The first-order chi connectivity index (χ1) is 24.6. The van der Waals surface area contributed by atoms with Crippen LogP contribution in [0.15, 0.2) is 12.1 Å². The monoisotopic (exact) mass is 748 g/mol. The van der Waals surface area contributed by atoms with Gasteiger partial charge in [-0.2, -0.15) is 0 Å². The normalized spacial score (nSPS) is 12.3. The van der Waals surface area contributed by atoms with Crippen LogP contribution in [0.1, 0.15) is 72.7 Å². The van der Waals surface area contributed by atoms with Crippen molar-refractivity contribution < 1.29 is 66.4 Å². The van der Waals surface area contributed by atoms with Crippen molar-refractivity contribution in [1.29, 1.82) is 0 Å². The minimum atomic E-state index is -0.551. The Balaban J connectivity index is 2.71. The maximum atomic E-state index is 12.6. The molecule has 0 unspecified atom stereocenters. The molecule has 0 saturated heterocycles. The van der Waals surface area contributed by atoms with E-state index in [4.69, 9.17) is 61.6 Å². The zero-order chi connectivity index (χ0) is 38.7. The molecule has 0 radical (unpaired) electrons. The van der Waals surface area contributed by atoms with E-state index < -0.39 is 5.97 Å². The third-order valence-corrected chi connectivity index (χ3v) is 6.29. The van der Waals surface area contributed by atoms with Gasteiger partial charge >= 0.3 is 5.97 Å². The van der Waals surface area contributed by atoms with E-state index in [0.29, 0.717) is 96.5 Å². The van der Waals surface area contributed by atoms with Gasteiger partial charge in [0, 0.05) is 0 Å². The van der Waals surface area contributed by atoms with Crippen molar-refractivity contribution in [3.05, 3.63) is 17.7 Å². The Morgan fingerprint density at radius 1 is 0.423 bits per heavy atom. The lowest BCUT2D eigenvalue weighted by molar-refractivity contribution is -0.0438. The molecule has 0 aliphatic rings. The first-order valence-electron chi connectivity index (χ1n) is 18.1. The molecular weight excluding hydrogens is 680 g/mol. The molecule has 14 nitrogen and oxygen atoms in total. The second-order valence-corrected chi connectivity index (χ2v) is 14.4. The highest BCUT2D eigenvalue weighted by molar-refractivity contribution is 5.91. The summed E-state index contributed by atoms with van der Waals surface area (Å²) in [5.74, 6) is 0.360. The highest BCUT2D eigenvalue weighted by Crippen LogP contribution is 2.39. The summed E-state index contributed by atoms with van der Waals surface area (Å²) in [5.41, 5.74) is -0.373. The molecule has 0 atom stereocenters. The second-order valence-electron chi connectivity index (χ2n) is 14.4. The molecular formula is C38H68O14. The Kier molecular flexibility index (Phi) is 25.1. The fraction of sp³-hybridized carbons (Fsp3) is 0.816. The van der Waals surface area contributed by atoms with Gasteiger partial charge in [-0.05, 0) is 74.4 Å². The maximum absolute atomic E-state index is 12.6. The van der Waals surface area contributed by atoms with Crippen molar-refractivity contribution in [2.24, 2.45) is 0 Å². The highest BCUT2D eigenvalue weighted by Gasteiger charge is 2.20. The van der Waals surface area contributed by atoms with Crippen LogP contribution in [0.25, 0.3) is 0 Å². The largest absolute Gasteiger partial charge is 0.487 e. The SMILES string of the molecule is COC(=O)c1cc(OCCOCCOCCOC(C)(C)C)c(OCCOCCOCCOC(C)(C)C)c(OCCOCCOCCOC(C)(C)C)c1. The fourth-order valence-electron chi connectivity index (χ4n) is 3.98. The molecule has 0 aliphatic heterocycles. The lowest BCUT2D eigenvalue weighted by atomic mass is 10.2. The summed E-state index contributed by atoms with van der Waals surface area (Å²) >= 11 is 0. The van der Waals surface area contributed by atoms with Gasteiger partial charge < -0.3 is 61.6 Å². The summed E-state index contributed by atoms with van der Waals surface area (Å²) in [6, 6.07) is 3.11. The molecule has 0 amide bonds. The fourth-order valence-corrected chi connectivity index (χ4v) is 3.98. The molecule has 0 spiro atoms. The third kappa shape index (κ3) is 27.4. The van der Waals surface area contributed by atoms with Crippen molar-refractivity contribution in [1.82, 2.24) is 0 Å². The summed E-state index contributed by atoms with van der Waals surface area (Å²) in [4.78, 5) is 12.6. The van der Waals surface area contributed by atoms with Gasteiger partial charge in [-0.25, -0.2) is 4.79 Å².